The summed E-state index contributed by atoms with van der Waals surface area (Å²) in [5.74, 6) is 0.442. The normalized spacial score (nSPS) is 11.7. The zero-order chi connectivity index (χ0) is 15.1. The van der Waals surface area contributed by atoms with Crippen LogP contribution in [0, 0.1) is 0 Å². The molecule has 2 rings (SSSR count). The van der Waals surface area contributed by atoms with E-state index < -0.39 is 0 Å². The van der Waals surface area contributed by atoms with Crippen molar-refractivity contribution >= 4 is 27.5 Å². The van der Waals surface area contributed by atoms with Crippen LogP contribution in [0.2, 0.25) is 0 Å². The molecule has 0 aliphatic rings. The van der Waals surface area contributed by atoms with Crippen LogP contribution in [0.5, 0.6) is 5.75 Å². The molecular weight excluding hydrogens is 332 g/mol. The maximum absolute atomic E-state index is 10.8. The Hall–Kier alpha value is -2.01. The summed E-state index contributed by atoms with van der Waals surface area (Å²) < 4.78 is 5.70. The number of halogens is 1. The van der Waals surface area contributed by atoms with Crippen LogP contribution in [0.25, 0.3) is 0 Å². The molecule has 1 unspecified atom stereocenters. The summed E-state index contributed by atoms with van der Waals surface area (Å²) in [6.07, 6.45) is 0.228. The van der Waals surface area contributed by atoms with E-state index in [4.69, 9.17) is 10.5 Å². The highest BCUT2D eigenvalue weighted by Gasteiger charge is 2.07. The van der Waals surface area contributed by atoms with E-state index in [0.29, 0.717) is 6.61 Å². The molecule has 0 aromatic heterocycles. The lowest BCUT2D eigenvalue weighted by Crippen LogP contribution is -2.21. The van der Waals surface area contributed by atoms with Crippen LogP contribution in [0.15, 0.2) is 54.6 Å². The predicted molar refractivity (Wildman–Crippen MR) is 87.4 cm³/mol. The van der Waals surface area contributed by atoms with Gasteiger partial charge in [-0.25, -0.2) is 0 Å². The van der Waals surface area contributed by atoms with Gasteiger partial charge in [-0.3, -0.25) is 4.79 Å². The molecule has 0 aliphatic heterocycles. The molecule has 0 bridgehead atoms. The van der Waals surface area contributed by atoms with Gasteiger partial charge in [-0.05, 0) is 29.8 Å². The molecule has 4 nitrogen and oxygen atoms in total. The van der Waals surface area contributed by atoms with Gasteiger partial charge in [-0.2, -0.15) is 0 Å². The van der Waals surface area contributed by atoms with Crippen LogP contribution in [0.4, 0.5) is 5.69 Å². The van der Waals surface area contributed by atoms with Crippen LogP contribution in [0.1, 0.15) is 12.0 Å². The van der Waals surface area contributed by atoms with Gasteiger partial charge in [0.1, 0.15) is 12.4 Å². The Labute approximate surface area is 132 Å². The molecule has 21 heavy (non-hydrogen) atoms. The second kappa shape index (κ2) is 7.69. The summed E-state index contributed by atoms with van der Waals surface area (Å²) in [6.45, 7) is 0.538. The van der Waals surface area contributed by atoms with Crippen molar-refractivity contribution in [1.29, 1.82) is 0 Å². The minimum atomic E-state index is -0.354. The number of hydrogen-bond donors (Lipinski definition) is 2. The molecule has 0 saturated heterocycles. The van der Waals surface area contributed by atoms with E-state index in [1.165, 1.54) is 0 Å². The van der Waals surface area contributed by atoms with Crippen molar-refractivity contribution in [3.8, 4) is 5.75 Å². The number of primary amides is 1. The van der Waals surface area contributed by atoms with E-state index in [1.54, 1.807) is 0 Å². The molecule has 5 heteroatoms. The maximum Gasteiger partial charge on any atom is 0.220 e. The van der Waals surface area contributed by atoms with Crippen LogP contribution in [-0.2, 0) is 11.4 Å². The lowest BCUT2D eigenvalue weighted by molar-refractivity contribution is -0.117. The van der Waals surface area contributed by atoms with Gasteiger partial charge in [0.05, 0.1) is 11.4 Å². The monoisotopic (exact) mass is 348 g/mol. The van der Waals surface area contributed by atoms with Gasteiger partial charge in [0, 0.05) is 5.69 Å². The van der Waals surface area contributed by atoms with Gasteiger partial charge < -0.3 is 15.8 Å². The molecule has 110 valence electrons. The number of ether oxygens (including phenoxy) is 1. The molecule has 0 fully saturated rings. The quantitative estimate of drug-likeness (QED) is 0.596. The Morgan fingerprint density at radius 2 is 1.81 bits per heavy atom. The Morgan fingerprint density at radius 3 is 2.43 bits per heavy atom. The first-order valence-electron chi connectivity index (χ1n) is 6.59. The van der Waals surface area contributed by atoms with E-state index in [2.05, 4.69) is 21.2 Å². The van der Waals surface area contributed by atoms with E-state index in [0.717, 1.165) is 17.0 Å². The van der Waals surface area contributed by atoms with Crippen molar-refractivity contribution in [3.63, 3.8) is 0 Å². The summed E-state index contributed by atoms with van der Waals surface area (Å²) in [6, 6.07) is 17.6. The number of anilines is 1. The number of benzene rings is 2. The molecule has 0 saturated carbocycles. The van der Waals surface area contributed by atoms with Crippen LogP contribution in [0.3, 0.4) is 0 Å². The minimum Gasteiger partial charge on any atom is -0.489 e. The van der Waals surface area contributed by atoms with Gasteiger partial charge >= 0.3 is 0 Å². The fourth-order valence-electron chi connectivity index (χ4n) is 1.80. The van der Waals surface area contributed by atoms with E-state index in [9.17, 15) is 4.79 Å². The zero-order valence-electron chi connectivity index (χ0n) is 11.5. The Bertz CT molecular complexity index is 573. The number of alkyl halides is 1. The summed E-state index contributed by atoms with van der Waals surface area (Å²) in [5, 5.41) is 3.13. The summed E-state index contributed by atoms with van der Waals surface area (Å²) in [4.78, 5) is 10.6. The largest absolute Gasteiger partial charge is 0.489 e. The molecule has 1 amide bonds. The smallest absolute Gasteiger partial charge is 0.220 e. The Kier molecular flexibility index (Phi) is 5.63. The first-order chi connectivity index (χ1) is 10.1. The molecule has 0 aliphatic carbocycles. The average Bonchev–Trinajstić information content (AvgIpc) is 2.47. The van der Waals surface area contributed by atoms with Gasteiger partial charge in [0.2, 0.25) is 5.91 Å². The van der Waals surface area contributed by atoms with Crippen LogP contribution in [-0.4, -0.2) is 10.9 Å². The fraction of sp³-hybridized carbons (Fsp3) is 0.188. The highest BCUT2D eigenvalue weighted by atomic mass is 79.9. The standard InChI is InChI=1S/C16H17BrN2O2/c17-15(10-16(18)20)19-13-6-8-14(9-7-13)21-11-12-4-2-1-3-5-12/h1-9,15,19H,10-11H2,(H2,18,20). The predicted octanol–water partition coefficient (Wildman–Crippen LogP) is 3.27. The number of amides is 1. The van der Waals surface area contributed by atoms with Crippen molar-refractivity contribution in [2.24, 2.45) is 5.73 Å². The van der Waals surface area contributed by atoms with Gasteiger partial charge in [-0.15, -0.1) is 0 Å². The lowest BCUT2D eigenvalue weighted by Gasteiger charge is -2.12. The average molecular weight is 349 g/mol. The van der Waals surface area contributed by atoms with Gasteiger partial charge in [0.15, 0.2) is 0 Å². The van der Waals surface area contributed by atoms with Crippen LogP contribution < -0.4 is 15.8 Å². The summed E-state index contributed by atoms with van der Waals surface area (Å²) in [5.41, 5.74) is 7.16. The van der Waals surface area contributed by atoms with Crippen LogP contribution >= 0.6 is 15.9 Å². The zero-order valence-corrected chi connectivity index (χ0v) is 13.0. The van der Waals surface area contributed by atoms with Crippen molar-refractivity contribution < 1.29 is 9.53 Å². The Balaban J connectivity index is 1.85. The second-order valence-corrected chi connectivity index (χ2v) is 5.69. The molecule has 0 heterocycles. The highest BCUT2D eigenvalue weighted by molar-refractivity contribution is 9.09. The topological polar surface area (TPSA) is 64.4 Å². The number of carbonyl (C=O) groups is 1. The number of nitrogens with one attached hydrogen (secondary N) is 1. The minimum absolute atomic E-state index is 0.175. The summed E-state index contributed by atoms with van der Waals surface area (Å²) in [7, 11) is 0. The molecule has 2 aromatic rings. The number of nitrogens with two attached hydrogens (primary N) is 1. The number of rotatable bonds is 7. The molecule has 1 atom stereocenters. The third-order valence-corrected chi connectivity index (χ3v) is 3.36. The van der Waals surface area contributed by atoms with Gasteiger partial charge in [-0.1, -0.05) is 46.3 Å². The van der Waals surface area contributed by atoms with E-state index in [1.807, 2.05) is 54.6 Å². The molecular formula is C16H17BrN2O2. The van der Waals surface area contributed by atoms with E-state index in [-0.39, 0.29) is 17.3 Å². The molecule has 0 spiro atoms. The first-order valence-corrected chi connectivity index (χ1v) is 7.51. The van der Waals surface area contributed by atoms with Gasteiger partial charge in [0.25, 0.3) is 0 Å². The number of hydrogen-bond acceptors (Lipinski definition) is 3. The van der Waals surface area contributed by atoms with Crippen molar-refractivity contribution in [1.82, 2.24) is 0 Å². The lowest BCUT2D eigenvalue weighted by atomic mass is 10.2. The third-order valence-electron chi connectivity index (χ3n) is 2.81. The molecule has 2 aromatic carbocycles. The fourth-order valence-corrected chi connectivity index (χ4v) is 2.38. The van der Waals surface area contributed by atoms with E-state index >= 15 is 0 Å². The maximum atomic E-state index is 10.8. The molecule has 0 radical (unpaired) electrons. The molecule has 3 N–H and O–H groups in total. The van der Waals surface area contributed by atoms with Crippen molar-refractivity contribution in [2.75, 3.05) is 5.32 Å². The summed E-state index contributed by atoms with van der Waals surface area (Å²) >= 11 is 3.35. The first kappa shape index (κ1) is 15.4. The van der Waals surface area contributed by atoms with Crippen molar-refractivity contribution in [3.05, 3.63) is 60.2 Å². The third kappa shape index (κ3) is 5.47. The SMILES string of the molecule is NC(=O)CC(Br)Nc1ccc(OCc2ccccc2)cc1. The Morgan fingerprint density at radius 1 is 1.14 bits per heavy atom. The second-order valence-electron chi connectivity index (χ2n) is 4.58. The highest BCUT2D eigenvalue weighted by Crippen LogP contribution is 2.19. The number of carbonyl (C=O) groups excluding carboxylic acids is 1. The van der Waals surface area contributed by atoms with Crippen molar-refractivity contribution in [2.45, 2.75) is 18.0 Å².